The number of nitriles is 3. The summed E-state index contributed by atoms with van der Waals surface area (Å²) in [5, 5.41) is 34.0. The second-order valence-electron chi connectivity index (χ2n) is 26.4. The van der Waals surface area contributed by atoms with Crippen molar-refractivity contribution in [3.05, 3.63) is 315 Å². The van der Waals surface area contributed by atoms with Crippen LogP contribution in [0.15, 0.2) is 204 Å². The average Bonchev–Trinajstić information content (AvgIpc) is 1.49. The van der Waals surface area contributed by atoms with Crippen LogP contribution in [0.5, 0.6) is 0 Å². The summed E-state index contributed by atoms with van der Waals surface area (Å²) in [6, 6.07) is 71.5. The zero-order valence-electron chi connectivity index (χ0n) is 55.1. The van der Waals surface area contributed by atoms with E-state index in [1.54, 1.807) is 66.0 Å². The fourth-order valence-electron chi connectivity index (χ4n) is 16.0. The highest BCUT2D eigenvalue weighted by atomic mass is 32.1. The van der Waals surface area contributed by atoms with Gasteiger partial charge in [-0.15, -0.1) is 45.3 Å². The number of allylic oxidation sites excluding steroid dienone is 6. The molecule has 0 amide bonds. The molecule has 10 nitrogen and oxygen atoms in total. The first kappa shape index (κ1) is 62.4. The second kappa shape index (κ2) is 23.1. The minimum absolute atomic E-state index is 0.112. The Kier molecular flexibility index (Phi) is 13.8. The molecule has 488 valence electrons. The van der Waals surface area contributed by atoms with Gasteiger partial charge >= 0.3 is 0 Å². The Labute approximate surface area is 626 Å². The highest BCUT2D eigenvalue weighted by Crippen LogP contribution is 2.69. The molecule has 20 rings (SSSR count). The van der Waals surface area contributed by atoms with Gasteiger partial charge in [0.1, 0.15) is 37.7 Å². The van der Waals surface area contributed by atoms with Gasteiger partial charge in [0, 0.05) is 63.7 Å². The highest BCUT2D eigenvalue weighted by molar-refractivity contribution is 7.41. The van der Waals surface area contributed by atoms with Gasteiger partial charge in [-0.2, -0.15) is 10.5 Å². The van der Waals surface area contributed by atoms with Crippen molar-refractivity contribution in [3.63, 3.8) is 0 Å². The van der Waals surface area contributed by atoms with E-state index in [1.165, 1.54) is 157 Å². The molecule has 8 aromatic carbocycles. The number of benzene rings is 8. The number of aryl methyl sites for hydroxylation is 4. The molecule has 0 saturated carbocycles. The number of thiazole rings is 4. The molecule has 8 heterocycles. The van der Waals surface area contributed by atoms with E-state index in [0.29, 0.717) is 43.4 Å². The topological polar surface area (TPSA) is 161 Å². The van der Waals surface area contributed by atoms with Gasteiger partial charge in [0.05, 0.1) is 42.4 Å². The van der Waals surface area contributed by atoms with Crippen molar-refractivity contribution in [2.24, 2.45) is 0 Å². The molecule has 104 heavy (non-hydrogen) atoms. The summed E-state index contributed by atoms with van der Waals surface area (Å²) in [6.45, 7) is 16.4. The van der Waals surface area contributed by atoms with Crippen molar-refractivity contribution in [1.29, 1.82) is 15.8 Å². The van der Waals surface area contributed by atoms with Crippen LogP contribution in [0.1, 0.15) is 109 Å². The average molecular weight is 1480 g/mol. The molecule has 4 aliphatic carbocycles. The Morgan fingerprint density at radius 2 is 0.904 bits per heavy atom. The van der Waals surface area contributed by atoms with Crippen LogP contribution in [0.2, 0.25) is 0 Å². The molecule has 18 heteroatoms. The third-order valence-corrected chi connectivity index (χ3v) is 29.9. The first-order chi connectivity index (χ1) is 50.7. The van der Waals surface area contributed by atoms with Gasteiger partial charge in [-0.25, -0.2) is 30.0 Å². The number of carbonyl (C=O) groups is 2. The fourth-order valence-corrected chi connectivity index (χ4v) is 25.8. The summed E-state index contributed by atoms with van der Waals surface area (Å²) < 4.78 is 6.11. The van der Waals surface area contributed by atoms with Gasteiger partial charge in [0.2, 0.25) is 0 Å². The number of hydrogen-bond acceptors (Lipinski definition) is 17. The highest BCUT2D eigenvalue weighted by Gasteiger charge is 2.54. The van der Waals surface area contributed by atoms with Crippen LogP contribution >= 0.6 is 90.7 Å². The molecular formula is C86H44N8O2S8. The van der Waals surface area contributed by atoms with Crippen molar-refractivity contribution in [2.75, 3.05) is 0 Å². The lowest BCUT2D eigenvalue weighted by Crippen LogP contribution is -2.30. The van der Waals surface area contributed by atoms with Crippen LogP contribution in [0.3, 0.4) is 0 Å². The maximum Gasteiger partial charge on any atom is 0.270 e. The summed E-state index contributed by atoms with van der Waals surface area (Å²) >= 11 is 13.2. The Bertz CT molecular complexity index is 6730. The van der Waals surface area contributed by atoms with Crippen molar-refractivity contribution in [1.82, 2.24) is 19.9 Å². The lowest BCUT2D eigenvalue weighted by Gasteiger charge is -2.36. The minimum atomic E-state index is -0.755. The number of nitrogens with zero attached hydrogens (tertiary/aromatic N) is 8. The van der Waals surface area contributed by atoms with Crippen molar-refractivity contribution in [3.8, 4) is 59.5 Å². The second-order valence-corrected chi connectivity index (χ2v) is 34.6. The normalized spacial score (nSPS) is 15.6. The van der Waals surface area contributed by atoms with Gasteiger partial charge < -0.3 is 0 Å². The third-order valence-electron chi connectivity index (χ3n) is 20.6. The monoisotopic (exact) mass is 1480 g/mol. The Morgan fingerprint density at radius 1 is 0.433 bits per heavy atom. The van der Waals surface area contributed by atoms with Gasteiger partial charge in [-0.3, -0.25) is 9.59 Å². The summed E-state index contributed by atoms with van der Waals surface area (Å²) in [7, 11) is 0. The minimum Gasteiger partial charge on any atom is -0.289 e. The standard InChI is InChI=1S/C86H44N8O2S8/c1-41-14-23-47(24-15-41)85(48-25-16-42(2)17-26-48)60-34-57-61(33-56(60)74-70(85)55-31-22-45(32-63(55)97-74)79-93-83-81(103-79)91-67(100-83)36-59-69(62(40-89)90-5)52-11-7-9-13-54(52)73(59)96)86(49-27-18-43(3)19-28-49,50-29-20-44(4)21-30-50)71-75(57)102-78-76-64(98-77(71)78)37-65(99-76)80-94-84-82(104-80)92-66(101-84)35-58-68(46(38-87)39-88)51-10-6-8-12-53(51)72(58)95/h6-37H,1-4H3/b58-35-,59-36-,69-62+. The summed E-state index contributed by atoms with van der Waals surface area (Å²) in [5.41, 5.74) is 19.6. The number of fused-ring (bicyclic) bond motifs is 16. The third kappa shape index (κ3) is 8.80. The van der Waals surface area contributed by atoms with E-state index in [0.717, 1.165) is 44.5 Å². The number of ketones is 2. The molecule has 0 bridgehead atoms. The lowest BCUT2D eigenvalue weighted by molar-refractivity contribution is 0.103. The number of aromatic nitrogens is 4. The molecule has 0 spiro atoms. The molecule has 0 atom stereocenters. The molecule has 16 aromatic rings. The quantitative estimate of drug-likeness (QED) is 0.0819. The molecule has 0 saturated heterocycles. The van der Waals surface area contributed by atoms with E-state index < -0.39 is 10.8 Å². The van der Waals surface area contributed by atoms with E-state index in [1.807, 2.05) is 58.3 Å². The maximum absolute atomic E-state index is 13.9. The first-order valence-electron chi connectivity index (χ1n) is 33.1. The molecule has 0 unspecified atom stereocenters. The number of thiophene rings is 4. The summed E-state index contributed by atoms with van der Waals surface area (Å²) in [4.78, 5) is 58.2. The smallest absolute Gasteiger partial charge is 0.270 e. The fraction of sp³-hybridized carbons (Fsp3) is 0.0698. The van der Waals surface area contributed by atoms with Gasteiger partial charge in [0.25, 0.3) is 5.70 Å². The van der Waals surface area contributed by atoms with E-state index in [9.17, 15) is 25.4 Å². The maximum atomic E-state index is 13.9. The van der Waals surface area contributed by atoms with Crippen LogP contribution in [-0.2, 0) is 10.8 Å². The zero-order chi connectivity index (χ0) is 70.3. The zero-order valence-corrected chi connectivity index (χ0v) is 61.7. The van der Waals surface area contributed by atoms with E-state index in [4.69, 9.17) is 26.5 Å². The molecule has 0 radical (unpaired) electrons. The molecule has 8 aromatic heterocycles. The van der Waals surface area contributed by atoms with Crippen molar-refractivity contribution >= 4 is 174 Å². The van der Waals surface area contributed by atoms with Crippen molar-refractivity contribution in [2.45, 2.75) is 38.5 Å². The first-order valence-corrected chi connectivity index (χ1v) is 39.7. The summed E-state index contributed by atoms with van der Waals surface area (Å²) in [6.07, 6.45) is 3.41. The number of rotatable bonds is 8. The Balaban J connectivity index is 0.755. The lowest BCUT2D eigenvalue weighted by atomic mass is 9.65. The number of carbonyl (C=O) groups excluding carboxylic acids is 2. The van der Waals surface area contributed by atoms with E-state index in [2.05, 4.69) is 166 Å². The molecule has 4 aliphatic rings. The Morgan fingerprint density at radius 3 is 1.41 bits per heavy atom. The van der Waals surface area contributed by atoms with Gasteiger partial charge in [-0.05, 0) is 131 Å². The molecule has 0 aliphatic heterocycles. The van der Waals surface area contributed by atoms with E-state index >= 15 is 0 Å². The van der Waals surface area contributed by atoms with Crippen LogP contribution in [0.4, 0.5) is 0 Å². The predicted octanol–water partition coefficient (Wildman–Crippen LogP) is 23.3. The molecular weight excluding hydrogens is 1430 g/mol. The number of Topliss-reactive ketones (excluding diaryl/α,β-unsaturated/α-hetero) is 2. The predicted molar refractivity (Wildman–Crippen MR) is 427 cm³/mol. The largest absolute Gasteiger partial charge is 0.289 e. The van der Waals surface area contributed by atoms with Gasteiger partial charge in [0.15, 0.2) is 30.9 Å². The Hall–Kier alpha value is -11.4. The van der Waals surface area contributed by atoms with Crippen LogP contribution in [0.25, 0.3) is 118 Å². The van der Waals surface area contributed by atoms with Crippen LogP contribution in [0, 0.1) is 68.3 Å². The molecule has 0 N–H and O–H groups in total. The summed E-state index contributed by atoms with van der Waals surface area (Å²) in [5.74, 6) is -0.479. The van der Waals surface area contributed by atoms with Gasteiger partial charge in [-0.1, -0.05) is 225 Å². The number of hydrogen-bond donors (Lipinski definition) is 0. The van der Waals surface area contributed by atoms with Crippen LogP contribution < -0.4 is 0 Å². The molecule has 0 fully saturated rings. The SMILES string of the molecule is [C-]#[N+]/C(C#N)=C1/C(=C/c2nc3sc(-c4ccc5c6c(sc5c4)-c4cc5c(cc4C6(c4ccc(C)cc4)c4ccc(C)cc4)-c4sc6c(sc7cc(-c8nc9sc(/C=C%10\C(=O)c%11ccccc%11C%10=C(C#N)C#N)nc9s8)sc76)c4C5(c4ccc(C)cc4)c4ccc(C)cc4)nc3s2)C(=O)c2ccccc21. The van der Waals surface area contributed by atoms with E-state index in [-0.39, 0.29) is 34.0 Å². The van der Waals surface area contributed by atoms with Crippen LogP contribution in [-0.4, -0.2) is 31.5 Å². The van der Waals surface area contributed by atoms with Crippen molar-refractivity contribution < 1.29 is 9.59 Å².